The second kappa shape index (κ2) is 8.58. The number of aliphatic hydroxyl groups is 3. The van der Waals surface area contributed by atoms with Crippen molar-refractivity contribution in [3.63, 3.8) is 0 Å². The number of carboxylic acids is 1. The van der Waals surface area contributed by atoms with Crippen molar-refractivity contribution in [2.24, 2.45) is 45.8 Å². The maximum absolute atomic E-state index is 13.5. The van der Waals surface area contributed by atoms with E-state index in [4.69, 9.17) is 14.2 Å². The van der Waals surface area contributed by atoms with Crippen LogP contribution in [0.2, 0.25) is 0 Å². The zero-order valence-electron chi connectivity index (χ0n) is 21.7. The summed E-state index contributed by atoms with van der Waals surface area (Å²) in [6, 6.07) is 0. The number of hydrogen-bond donors (Lipinski definition) is 4. The van der Waals surface area contributed by atoms with E-state index < -0.39 is 59.0 Å². The van der Waals surface area contributed by atoms with E-state index in [0.717, 1.165) is 11.9 Å². The Balaban J connectivity index is 1.58. The smallest absolute Gasteiger partial charge is 0.315 e. The molecule has 1 heterocycles. The highest BCUT2D eigenvalue weighted by Gasteiger charge is 2.84. The molecule has 3 saturated carbocycles. The van der Waals surface area contributed by atoms with Gasteiger partial charge in [0.2, 0.25) is 0 Å². The standard InChI is InChI=1S/C27H40O9/c1-12(2)17-6-15-8-25(10-28)18-7-19(29)13(3)16(18)9-26(15,27(17,25)24(32)33)11-35-23-21(31)20(30)22(34-5)14(4)36-23/h6,10,12-16,18-23,29-31H,7-9,11H2,1-5H3,(H,32,33)/t13-,14+,15+,16+,18+,19-,20-,21-,22+,23+,25+,26-,27-/m0/s1. The zero-order valence-corrected chi connectivity index (χ0v) is 21.7. The third-order valence-electron chi connectivity index (χ3n) is 10.8. The van der Waals surface area contributed by atoms with Crippen molar-refractivity contribution in [1.82, 2.24) is 0 Å². The monoisotopic (exact) mass is 508 g/mol. The maximum atomic E-state index is 13.5. The summed E-state index contributed by atoms with van der Waals surface area (Å²) in [7, 11) is 1.43. The highest BCUT2D eigenvalue weighted by molar-refractivity contribution is 5.90. The molecule has 0 aromatic rings. The number of aliphatic hydroxyl groups excluding tert-OH is 3. The van der Waals surface area contributed by atoms with Crippen LogP contribution in [0.5, 0.6) is 0 Å². The van der Waals surface area contributed by atoms with Gasteiger partial charge in [-0.3, -0.25) is 4.79 Å². The van der Waals surface area contributed by atoms with E-state index in [2.05, 4.69) is 6.08 Å². The molecular formula is C27H40O9. The van der Waals surface area contributed by atoms with Crippen molar-refractivity contribution in [3.05, 3.63) is 11.6 Å². The molecule has 1 aliphatic heterocycles. The van der Waals surface area contributed by atoms with E-state index in [1.165, 1.54) is 7.11 Å². The molecule has 5 rings (SSSR count). The third-order valence-corrected chi connectivity index (χ3v) is 10.8. The molecule has 9 heteroatoms. The molecule has 0 radical (unpaired) electrons. The van der Waals surface area contributed by atoms with Crippen LogP contribution >= 0.6 is 0 Å². The Bertz CT molecular complexity index is 950. The Morgan fingerprint density at radius 1 is 1.22 bits per heavy atom. The van der Waals surface area contributed by atoms with Gasteiger partial charge in [0, 0.05) is 12.5 Å². The number of ether oxygens (including phenoxy) is 3. The quantitative estimate of drug-likeness (QED) is 0.296. The molecule has 0 unspecified atom stereocenters. The lowest BCUT2D eigenvalue weighted by Gasteiger charge is -2.58. The van der Waals surface area contributed by atoms with Crippen LogP contribution in [-0.2, 0) is 23.8 Å². The largest absolute Gasteiger partial charge is 0.481 e. The lowest BCUT2D eigenvalue weighted by Crippen LogP contribution is -2.64. The van der Waals surface area contributed by atoms with Gasteiger partial charge in [0.15, 0.2) is 6.29 Å². The first-order valence-electron chi connectivity index (χ1n) is 13.2. The Kier molecular flexibility index (Phi) is 6.26. The number of carboxylic acid groups (broad SMARTS) is 1. The summed E-state index contributed by atoms with van der Waals surface area (Å²) in [5, 5.41) is 43.1. The summed E-state index contributed by atoms with van der Waals surface area (Å²) in [4.78, 5) is 26.6. The second-order valence-corrected chi connectivity index (χ2v) is 12.3. The van der Waals surface area contributed by atoms with E-state index >= 15 is 0 Å². The molecule has 36 heavy (non-hydrogen) atoms. The maximum Gasteiger partial charge on any atom is 0.315 e. The van der Waals surface area contributed by atoms with Gasteiger partial charge in [0.1, 0.15) is 30.0 Å². The van der Waals surface area contributed by atoms with Gasteiger partial charge >= 0.3 is 5.97 Å². The fraction of sp³-hybridized carbons (Fsp3) is 0.852. The molecule has 0 aromatic heterocycles. The number of carbonyl (C=O) groups excluding carboxylic acids is 1. The van der Waals surface area contributed by atoms with E-state index in [1.807, 2.05) is 20.8 Å². The molecule has 5 aliphatic rings. The van der Waals surface area contributed by atoms with E-state index in [-0.39, 0.29) is 36.2 Å². The number of aliphatic carboxylic acids is 1. The van der Waals surface area contributed by atoms with Gasteiger partial charge in [-0.25, -0.2) is 0 Å². The molecule has 13 atom stereocenters. The highest BCUT2D eigenvalue weighted by atomic mass is 16.7. The first-order chi connectivity index (χ1) is 16.9. The van der Waals surface area contributed by atoms with Crippen LogP contribution in [0.25, 0.3) is 0 Å². The molecule has 202 valence electrons. The van der Waals surface area contributed by atoms with Crippen LogP contribution in [0.15, 0.2) is 11.6 Å². The molecule has 4 aliphatic carbocycles. The van der Waals surface area contributed by atoms with Crippen LogP contribution in [0.1, 0.15) is 47.0 Å². The number of aldehydes is 1. The Morgan fingerprint density at radius 2 is 1.92 bits per heavy atom. The lowest BCUT2D eigenvalue weighted by atomic mass is 9.43. The van der Waals surface area contributed by atoms with Crippen molar-refractivity contribution in [3.8, 4) is 0 Å². The zero-order chi connectivity index (χ0) is 26.4. The summed E-state index contributed by atoms with van der Waals surface area (Å²) in [5.74, 6) is -1.63. The van der Waals surface area contributed by atoms with E-state index in [1.54, 1.807) is 6.92 Å². The van der Waals surface area contributed by atoms with Crippen molar-refractivity contribution in [2.75, 3.05) is 13.7 Å². The highest BCUT2D eigenvalue weighted by Crippen LogP contribution is 2.82. The predicted molar refractivity (Wildman–Crippen MR) is 127 cm³/mol. The second-order valence-electron chi connectivity index (χ2n) is 12.3. The predicted octanol–water partition coefficient (Wildman–Crippen LogP) is 1.38. The number of allylic oxidation sites excluding steroid dienone is 1. The van der Waals surface area contributed by atoms with Crippen molar-refractivity contribution < 1.29 is 44.2 Å². The molecule has 4 N–H and O–H groups in total. The normalized spacial score (nSPS) is 53.4. The van der Waals surface area contributed by atoms with Crippen LogP contribution in [-0.4, -0.2) is 83.2 Å². The Labute approximate surface area is 211 Å². The minimum Gasteiger partial charge on any atom is -0.481 e. The van der Waals surface area contributed by atoms with Crippen LogP contribution in [0.4, 0.5) is 0 Å². The summed E-state index contributed by atoms with van der Waals surface area (Å²) in [5.41, 5.74) is -2.79. The van der Waals surface area contributed by atoms with Crippen molar-refractivity contribution in [2.45, 2.75) is 83.8 Å². The van der Waals surface area contributed by atoms with Gasteiger partial charge in [0.05, 0.1) is 24.2 Å². The average Bonchev–Trinajstić information content (AvgIpc) is 3.35. The summed E-state index contributed by atoms with van der Waals surface area (Å²) in [6.07, 6.45) is -1.37. The fourth-order valence-corrected chi connectivity index (χ4v) is 9.31. The third kappa shape index (κ3) is 2.93. The van der Waals surface area contributed by atoms with Crippen LogP contribution < -0.4 is 0 Å². The van der Waals surface area contributed by atoms with Crippen molar-refractivity contribution >= 4 is 12.3 Å². The first-order valence-corrected chi connectivity index (χ1v) is 13.2. The van der Waals surface area contributed by atoms with Gasteiger partial charge in [-0.1, -0.05) is 32.4 Å². The number of fused-ring (bicyclic) bond motifs is 2. The van der Waals surface area contributed by atoms with Gasteiger partial charge in [-0.05, 0) is 55.8 Å². The number of carbonyl (C=O) groups is 2. The fourth-order valence-electron chi connectivity index (χ4n) is 9.31. The molecule has 4 fully saturated rings. The topological polar surface area (TPSA) is 143 Å². The number of methoxy groups -OCH3 is 1. The van der Waals surface area contributed by atoms with Gasteiger partial charge in [-0.2, -0.15) is 0 Å². The first kappa shape index (κ1) is 26.3. The minimum atomic E-state index is -1.47. The Hall–Kier alpha value is -1.36. The number of rotatable bonds is 7. The summed E-state index contributed by atoms with van der Waals surface area (Å²) in [6.45, 7) is 7.58. The molecule has 9 nitrogen and oxygen atoms in total. The van der Waals surface area contributed by atoms with Gasteiger partial charge in [-0.15, -0.1) is 0 Å². The SMILES string of the molecule is CO[C@H]1[C@@H](O)[C@H](O)[C@H](OC[C@@]23C[C@@H]4[C@H](C)[C@@H](O)C[C@H]4[C@]4(C=O)C[C@H]2C=C(C(C)C)[C@@]34C(=O)O)O[C@@H]1C. The Morgan fingerprint density at radius 3 is 2.50 bits per heavy atom. The molecule has 0 spiro atoms. The molecular weight excluding hydrogens is 468 g/mol. The molecule has 0 aromatic carbocycles. The molecule has 0 amide bonds. The minimum absolute atomic E-state index is 0.0224. The van der Waals surface area contributed by atoms with Crippen molar-refractivity contribution in [1.29, 1.82) is 0 Å². The van der Waals surface area contributed by atoms with E-state index in [9.17, 15) is 30.0 Å². The van der Waals surface area contributed by atoms with Gasteiger partial charge < -0.3 is 39.4 Å². The lowest BCUT2D eigenvalue weighted by molar-refractivity contribution is -0.307. The molecule has 1 saturated heterocycles. The van der Waals surface area contributed by atoms with Gasteiger partial charge in [0.25, 0.3) is 0 Å². The molecule has 4 bridgehead atoms. The summed E-state index contributed by atoms with van der Waals surface area (Å²) >= 11 is 0. The van der Waals surface area contributed by atoms with E-state index in [0.29, 0.717) is 19.3 Å². The van der Waals surface area contributed by atoms with Crippen LogP contribution in [0, 0.1) is 45.8 Å². The summed E-state index contributed by atoms with van der Waals surface area (Å²) < 4.78 is 17.3. The average molecular weight is 509 g/mol. The number of hydrogen-bond acceptors (Lipinski definition) is 8. The van der Waals surface area contributed by atoms with Crippen LogP contribution in [0.3, 0.4) is 0 Å².